The maximum Gasteiger partial charge on any atom is 0.421 e. The quantitative estimate of drug-likeness (QED) is 0.276. The third-order valence-corrected chi connectivity index (χ3v) is 8.79. The Kier molecular flexibility index (Phi) is 8.03. The van der Waals surface area contributed by atoms with Gasteiger partial charge in [-0.3, -0.25) is 4.79 Å². The molecule has 0 aromatic heterocycles. The van der Waals surface area contributed by atoms with E-state index in [0.717, 1.165) is 14.9 Å². The summed E-state index contributed by atoms with van der Waals surface area (Å²) in [4.78, 5) is 28.0. The number of hydrogen-bond donors (Lipinski definition) is 0. The Balaban J connectivity index is 1.75. The van der Waals surface area contributed by atoms with Crippen molar-refractivity contribution in [3.05, 3.63) is 57.6 Å². The molecule has 2 aliphatic heterocycles. The number of fused-ring (bicyclic) bond motifs is 2. The lowest BCUT2D eigenvalue weighted by Crippen LogP contribution is -2.44. The summed E-state index contributed by atoms with van der Waals surface area (Å²) in [6.45, 7) is 13.6. The number of rotatable bonds is 6. The lowest BCUT2D eigenvalue weighted by atomic mass is 9.76. The SMILES string of the molecule is CCC1(CC)C(=O)N(C(=O)OC(C)(C)C)c2ccc(/C=N/N(CC(C)C)C3=NS(=O)(=O)c4ccc(Br)cc43)cc21. The zero-order chi connectivity index (χ0) is 29.6. The molecule has 2 heterocycles. The van der Waals surface area contributed by atoms with E-state index in [4.69, 9.17) is 4.74 Å². The summed E-state index contributed by atoms with van der Waals surface area (Å²) in [5, 5.41) is 6.26. The van der Waals surface area contributed by atoms with Crippen LogP contribution in [0.25, 0.3) is 0 Å². The number of hydrogen-bond acceptors (Lipinski definition) is 7. The normalized spacial score (nSPS) is 17.3. The molecule has 2 aromatic rings. The number of amidine groups is 1. The van der Waals surface area contributed by atoms with E-state index in [1.165, 1.54) is 6.07 Å². The molecule has 0 N–H and O–H groups in total. The number of nitrogens with zero attached hydrogens (tertiary/aromatic N) is 4. The number of carbonyl (C=O) groups excluding carboxylic acids is 2. The predicted molar refractivity (Wildman–Crippen MR) is 159 cm³/mol. The number of carbonyl (C=O) groups is 2. The molecule has 9 nitrogen and oxygen atoms in total. The second kappa shape index (κ2) is 10.7. The summed E-state index contributed by atoms with van der Waals surface area (Å²) in [5.41, 5.74) is 0.803. The van der Waals surface area contributed by atoms with Crippen LogP contribution < -0.4 is 4.90 Å². The number of benzene rings is 2. The molecule has 11 heteroatoms. The van der Waals surface area contributed by atoms with E-state index in [9.17, 15) is 18.0 Å². The molecule has 0 saturated heterocycles. The number of anilines is 1. The van der Waals surface area contributed by atoms with E-state index in [0.29, 0.717) is 36.2 Å². The van der Waals surface area contributed by atoms with Gasteiger partial charge >= 0.3 is 6.09 Å². The molecule has 0 aliphatic carbocycles. The van der Waals surface area contributed by atoms with Crippen LogP contribution in [0, 0.1) is 5.92 Å². The van der Waals surface area contributed by atoms with Crippen LogP contribution in [0.15, 0.2) is 55.3 Å². The Labute approximate surface area is 244 Å². The number of halogens is 1. The van der Waals surface area contributed by atoms with Gasteiger partial charge in [0, 0.05) is 16.6 Å². The molecule has 2 aromatic carbocycles. The zero-order valence-electron chi connectivity index (χ0n) is 23.9. The molecule has 0 radical (unpaired) electrons. The molecule has 0 atom stereocenters. The molecular weight excluding hydrogens is 596 g/mol. The van der Waals surface area contributed by atoms with Gasteiger partial charge in [-0.05, 0) is 81.0 Å². The van der Waals surface area contributed by atoms with E-state index in [1.807, 2.05) is 33.8 Å². The molecular formula is C29H35BrN4O5S. The standard InChI is InChI=1S/C29H35BrN4O5S/c1-8-29(9-2)22-14-19(10-12-23(22)34(26(29)35)27(36)39-28(5,6)7)16-31-33(17-18(3)4)25-21-15-20(30)11-13-24(21)40(37,38)32-25/h10-16,18H,8-9,17H2,1-7H3/b31-16+. The molecule has 214 valence electrons. The molecule has 4 rings (SSSR count). The van der Waals surface area contributed by atoms with Crippen LogP contribution in [0.2, 0.25) is 0 Å². The van der Waals surface area contributed by atoms with Gasteiger partial charge < -0.3 is 4.74 Å². The van der Waals surface area contributed by atoms with Gasteiger partial charge in [0.1, 0.15) is 10.5 Å². The minimum Gasteiger partial charge on any atom is -0.443 e. The first-order valence-corrected chi connectivity index (χ1v) is 15.6. The van der Waals surface area contributed by atoms with Crippen molar-refractivity contribution in [1.29, 1.82) is 0 Å². The van der Waals surface area contributed by atoms with Gasteiger partial charge in [-0.1, -0.05) is 49.7 Å². The molecule has 0 saturated carbocycles. The van der Waals surface area contributed by atoms with E-state index in [2.05, 4.69) is 25.4 Å². The van der Waals surface area contributed by atoms with Crippen LogP contribution in [0.1, 0.15) is 78.0 Å². The maximum atomic E-state index is 13.7. The van der Waals surface area contributed by atoms with Crippen LogP contribution >= 0.6 is 15.9 Å². The van der Waals surface area contributed by atoms with Crippen molar-refractivity contribution in [2.24, 2.45) is 15.4 Å². The summed E-state index contributed by atoms with van der Waals surface area (Å²) in [5.74, 6) is 0.113. The molecule has 40 heavy (non-hydrogen) atoms. The second-order valence-corrected chi connectivity index (χ2v) is 13.9. The number of sulfonamides is 1. The number of amides is 2. The van der Waals surface area contributed by atoms with Gasteiger partial charge in [-0.25, -0.2) is 14.7 Å². The highest BCUT2D eigenvalue weighted by Crippen LogP contribution is 2.47. The van der Waals surface area contributed by atoms with Crippen LogP contribution in [0.4, 0.5) is 10.5 Å². The van der Waals surface area contributed by atoms with Gasteiger partial charge in [0.05, 0.1) is 17.3 Å². The fourth-order valence-electron chi connectivity index (χ4n) is 5.04. The second-order valence-electron chi connectivity index (χ2n) is 11.4. The monoisotopic (exact) mass is 630 g/mol. The molecule has 0 spiro atoms. The van der Waals surface area contributed by atoms with Gasteiger partial charge in [-0.15, -0.1) is 4.40 Å². The minimum atomic E-state index is -3.83. The van der Waals surface area contributed by atoms with Crippen molar-refractivity contribution in [1.82, 2.24) is 5.01 Å². The third kappa shape index (κ3) is 5.45. The molecule has 2 aliphatic rings. The summed E-state index contributed by atoms with van der Waals surface area (Å²) >= 11 is 3.42. The van der Waals surface area contributed by atoms with Crippen molar-refractivity contribution in [3.63, 3.8) is 0 Å². The fourth-order valence-corrected chi connectivity index (χ4v) is 6.59. The Morgan fingerprint density at radius 2 is 1.85 bits per heavy atom. The third-order valence-electron chi connectivity index (χ3n) is 6.97. The first-order valence-electron chi connectivity index (χ1n) is 13.3. The average molecular weight is 632 g/mol. The largest absolute Gasteiger partial charge is 0.443 e. The van der Waals surface area contributed by atoms with Crippen LogP contribution in [0.3, 0.4) is 0 Å². The summed E-state index contributed by atoms with van der Waals surface area (Å²) in [6, 6.07) is 10.3. The lowest BCUT2D eigenvalue weighted by molar-refractivity contribution is -0.123. The maximum absolute atomic E-state index is 13.7. The molecule has 0 bridgehead atoms. The highest BCUT2D eigenvalue weighted by molar-refractivity contribution is 9.10. The molecule has 2 amide bonds. The average Bonchev–Trinajstić information content (AvgIpc) is 3.26. The minimum absolute atomic E-state index is 0.142. The van der Waals surface area contributed by atoms with E-state index >= 15 is 0 Å². The summed E-state index contributed by atoms with van der Waals surface area (Å²) in [6.07, 6.45) is 1.95. The Morgan fingerprint density at radius 3 is 2.45 bits per heavy atom. The van der Waals surface area contributed by atoms with E-state index < -0.39 is 27.1 Å². The smallest absolute Gasteiger partial charge is 0.421 e. The number of imide groups is 1. The van der Waals surface area contributed by atoms with Gasteiger partial charge in [0.25, 0.3) is 10.0 Å². The zero-order valence-corrected chi connectivity index (χ0v) is 26.3. The number of hydrazone groups is 1. The van der Waals surface area contributed by atoms with Crippen molar-refractivity contribution >= 4 is 55.7 Å². The Hall–Kier alpha value is -3.05. The van der Waals surface area contributed by atoms with Crippen LogP contribution in [-0.2, 0) is 25.0 Å². The molecule has 0 unspecified atom stereocenters. The van der Waals surface area contributed by atoms with E-state index in [-0.39, 0.29) is 22.6 Å². The Morgan fingerprint density at radius 1 is 1.18 bits per heavy atom. The van der Waals surface area contributed by atoms with E-state index in [1.54, 1.807) is 56.3 Å². The van der Waals surface area contributed by atoms with Crippen molar-refractivity contribution in [3.8, 4) is 0 Å². The number of ether oxygens (including phenoxy) is 1. The van der Waals surface area contributed by atoms with Crippen LogP contribution in [-0.4, -0.2) is 49.6 Å². The highest BCUT2D eigenvalue weighted by Gasteiger charge is 2.51. The van der Waals surface area contributed by atoms with Crippen molar-refractivity contribution < 1.29 is 22.7 Å². The lowest BCUT2D eigenvalue weighted by Gasteiger charge is -2.27. The molecule has 0 fully saturated rings. The first kappa shape index (κ1) is 29.9. The predicted octanol–water partition coefficient (Wildman–Crippen LogP) is 6.23. The highest BCUT2D eigenvalue weighted by atomic mass is 79.9. The van der Waals surface area contributed by atoms with Gasteiger partial charge in [0.15, 0.2) is 5.84 Å². The van der Waals surface area contributed by atoms with Gasteiger partial charge in [0.2, 0.25) is 5.91 Å². The van der Waals surface area contributed by atoms with Crippen LogP contribution in [0.5, 0.6) is 0 Å². The van der Waals surface area contributed by atoms with Crippen molar-refractivity contribution in [2.75, 3.05) is 11.4 Å². The Bertz CT molecular complexity index is 1520. The fraction of sp³-hybridized carbons (Fsp3) is 0.448. The van der Waals surface area contributed by atoms with Crippen molar-refractivity contribution in [2.45, 2.75) is 77.2 Å². The van der Waals surface area contributed by atoms with Gasteiger partial charge in [-0.2, -0.15) is 13.5 Å². The summed E-state index contributed by atoms with van der Waals surface area (Å²) in [7, 11) is -3.83. The topological polar surface area (TPSA) is 109 Å². The first-order chi connectivity index (χ1) is 18.6. The summed E-state index contributed by atoms with van der Waals surface area (Å²) < 4.78 is 35.8.